The fourth-order valence-corrected chi connectivity index (χ4v) is 1.05. The van der Waals surface area contributed by atoms with Gasteiger partial charge < -0.3 is 4.84 Å². The predicted molar refractivity (Wildman–Crippen MR) is 55.4 cm³/mol. The molecule has 0 atom stereocenters. The number of hydrogen-bond donors (Lipinski definition) is 1. The molecule has 0 saturated heterocycles. The molecule has 0 spiro atoms. The van der Waals surface area contributed by atoms with Crippen molar-refractivity contribution >= 4 is 5.69 Å². The second-order valence-corrected chi connectivity index (χ2v) is 3.16. The molecule has 13 heavy (non-hydrogen) atoms. The topological polar surface area (TPSA) is 21.3 Å². The Bertz CT molecular complexity index is 264. The zero-order chi connectivity index (χ0) is 9.68. The van der Waals surface area contributed by atoms with Crippen molar-refractivity contribution in [3.63, 3.8) is 0 Å². The van der Waals surface area contributed by atoms with E-state index in [1.165, 1.54) is 11.8 Å². The Morgan fingerprint density at radius 1 is 1.31 bits per heavy atom. The first-order valence-electron chi connectivity index (χ1n) is 4.36. The van der Waals surface area contributed by atoms with Gasteiger partial charge in [0.1, 0.15) is 6.26 Å². The van der Waals surface area contributed by atoms with Gasteiger partial charge in [0.05, 0.1) is 5.69 Å². The van der Waals surface area contributed by atoms with Crippen molar-refractivity contribution in [2.24, 2.45) is 0 Å². The minimum Gasteiger partial charge on any atom is -0.391 e. The van der Waals surface area contributed by atoms with E-state index in [9.17, 15) is 0 Å². The molecule has 2 heteroatoms. The zero-order valence-corrected chi connectivity index (χ0v) is 8.08. The Balaban J connectivity index is 2.64. The summed E-state index contributed by atoms with van der Waals surface area (Å²) in [5, 5.41) is 0. The Kier molecular flexibility index (Phi) is 3.38. The third kappa shape index (κ3) is 2.82. The summed E-state index contributed by atoms with van der Waals surface area (Å²) in [6, 6.07) is 8.14. The van der Waals surface area contributed by atoms with E-state index in [0.717, 1.165) is 5.69 Å². The van der Waals surface area contributed by atoms with Crippen LogP contribution in [-0.2, 0) is 4.84 Å². The fourth-order valence-electron chi connectivity index (χ4n) is 1.05. The molecule has 0 aliphatic rings. The standard InChI is InChI=1S/C11H15NO/c1-4-13-12-11-7-5-10(6-8-11)9(2)3/h4-9,12H,1H2,2-3H3. The highest BCUT2D eigenvalue weighted by Crippen LogP contribution is 2.16. The van der Waals surface area contributed by atoms with Gasteiger partial charge in [-0.3, -0.25) is 0 Å². The van der Waals surface area contributed by atoms with Crippen molar-refractivity contribution in [3.05, 3.63) is 42.7 Å². The van der Waals surface area contributed by atoms with Crippen LogP contribution in [0.3, 0.4) is 0 Å². The lowest BCUT2D eigenvalue weighted by Crippen LogP contribution is -1.94. The highest BCUT2D eigenvalue weighted by molar-refractivity contribution is 5.43. The van der Waals surface area contributed by atoms with E-state index in [-0.39, 0.29) is 0 Å². The average molecular weight is 177 g/mol. The van der Waals surface area contributed by atoms with E-state index in [2.05, 4.69) is 38.0 Å². The van der Waals surface area contributed by atoms with Crippen molar-refractivity contribution in [3.8, 4) is 0 Å². The van der Waals surface area contributed by atoms with Gasteiger partial charge in [0.2, 0.25) is 0 Å². The van der Waals surface area contributed by atoms with Crippen LogP contribution in [0.15, 0.2) is 37.1 Å². The molecule has 2 nitrogen and oxygen atoms in total. The van der Waals surface area contributed by atoms with Crippen LogP contribution in [0.25, 0.3) is 0 Å². The van der Waals surface area contributed by atoms with Crippen LogP contribution in [0.2, 0.25) is 0 Å². The first kappa shape index (κ1) is 9.65. The number of hydrogen-bond acceptors (Lipinski definition) is 2. The average Bonchev–Trinajstić information content (AvgIpc) is 2.15. The van der Waals surface area contributed by atoms with Gasteiger partial charge in [-0.2, -0.15) is 0 Å². The van der Waals surface area contributed by atoms with E-state index in [0.29, 0.717) is 5.92 Å². The number of anilines is 1. The summed E-state index contributed by atoms with van der Waals surface area (Å²) in [4.78, 5) is 4.83. The highest BCUT2D eigenvalue weighted by atomic mass is 16.6. The summed E-state index contributed by atoms with van der Waals surface area (Å²) >= 11 is 0. The van der Waals surface area contributed by atoms with Gasteiger partial charge in [-0.05, 0) is 23.6 Å². The number of benzene rings is 1. The second-order valence-electron chi connectivity index (χ2n) is 3.16. The zero-order valence-electron chi connectivity index (χ0n) is 8.08. The molecule has 0 heterocycles. The maximum atomic E-state index is 4.83. The molecule has 0 radical (unpaired) electrons. The van der Waals surface area contributed by atoms with Crippen molar-refractivity contribution in [1.29, 1.82) is 0 Å². The summed E-state index contributed by atoms with van der Waals surface area (Å²) < 4.78 is 0. The molecule has 0 fully saturated rings. The van der Waals surface area contributed by atoms with Crippen LogP contribution in [0.5, 0.6) is 0 Å². The van der Waals surface area contributed by atoms with Crippen LogP contribution in [0.4, 0.5) is 5.69 Å². The SMILES string of the molecule is C=CONc1ccc(C(C)C)cc1. The minimum atomic E-state index is 0.564. The lowest BCUT2D eigenvalue weighted by atomic mass is 10.0. The number of nitrogens with one attached hydrogen (secondary N) is 1. The van der Waals surface area contributed by atoms with Crippen LogP contribution in [-0.4, -0.2) is 0 Å². The van der Waals surface area contributed by atoms with Gasteiger partial charge >= 0.3 is 0 Å². The van der Waals surface area contributed by atoms with E-state index in [1.54, 1.807) is 0 Å². The summed E-state index contributed by atoms with van der Waals surface area (Å²) in [5.41, 5.74) is 5.00. The Hall–Kier alpha value is -1.44. The fraction of sp³-hybridized carbons (Fsp3) is 0.273. The largest absolute Gasteiger partial charge is 0.391 e. The Morgan fingerprint density at radius 3 is 2.38 bits per heavy atom. The molecule has 70 valence electrons. The minimum absolute atomic E-state index is 0.564. The third-order valence-corrected chi connectivity index (χ3v) is 1.84. The molecule has 0 aliphatic heterocycles. The predicted octanol–water partition coefficient (Wildman–Crippen LogP) is 3.30. The molecule has 0 aliphatic carbocycles. The molecule has 0 amide bonds. The first-order valence-corrected chi connectivity index (χ1v) is 4.36. The molecule has 0 aromatic heterocycles. The van der Waals surface area contributed by atoms with Gasteiger partial charge in [-0.15, -0.1) is 0 Å². The Morgan fingerprint density at radius 2 is 1.92 bits per heavy atom. The van der Waals surface area contributed by atoms with Crippen LogP contribution < -0.4 is 5.48 Å². The summed E-state index contributed by atoms with van der Waals surface area (Å²) in [5.74, 6) is 0.564. The van der Waals surface area contributed by atoms with E-state index in [4.69, 9.17) is 4.84 Å². The summed E-state index contributed by atoms with van der Waals surface area (Å²) in [6.07, 6.45) is 1.36. The summed E-state index contributed by atoms with van der Waals surface area (Å²) in [7, 11) is 0. The molecule has 0 saturated carbocycles. The molecule has 0 unspecified atom stereocenters. The lowest BCUT2D eigenvalue weighted by molar-refractivity contribution is 0.331. The quantitative estimate of drug-likeness (QED) is 0.562. The molecule has 1 aromatic carbocycles. The van der Waals surface area contributed by atoms with E-state index < -0.39 is 0 Å². The van der Waals surface area contributed by atoms with E-state index in [1.807, 2.05) is 12.1 Å². The number of rotatable bonds is 4. The first-order chi connectivity index (χ1) is 6.24. The highest BCUT2D eigenvalue weighted by Gasteiger charge is 1.97. The van der Waals surface area contributed by atoms with E-state index >= 15 is 0 Å². The van der Waals surface area contributed by atoms with Crippen molar-refractivity contribution in [2.45, 2.75) is 19.8 Å². The smallest absolute Gasteiger partial charge is 0.112 e. The van der Waals surface area contributed by atoms with Crippen molar-refractivity contribution in [2.75, 3.05) is 5.48 Å². The van der Waals surface area contributed by atoms with Gasteiger partial charge in [-0.1, -0.05) is 32.6 Å². The maximum absolute atomic E-state index is 4.83. The summed E-state index contributed by atoms with van der Waals surface area (Å²) in [6.45, 7) is 7.78. The maximum Gasteiger partial charge on any atom is 0.112 e. The van der Waals surface area contributed by atoms with Crippen LogP contribution in [0, 0.1) is 0 Å². The third-order valence-electron chi connectivity index (χ3n) is 1.84. The van der Waals surface area contributed by atoms with Crippen molar-refractivity contribution in [1.82, 2.24) is 0 Å². The molecule has 1 rings (SSSR count). The molecular formula is C11H15NO. The molecule has 1 N–H and O–H groups in total. The van der Waals surface area contributed by atoms with Crippen LogP contribution >= 0.6 is 0 Å². The second kappa shape index (κ2) is 4.55. The normalized spacial score (nSPS) is 9.77. The van der Waals surface area contributed by atoms with Gasteiger partial charge in [0, 0.05) is 0 Å². The van der Waals surface area contributed by atoms with Gasteiger partial charge in [-0.25, -0.2) is 5.48 Å². The van der Waals surface area contributed by atoms with Gasteiger partial charge in [0.15, 0.2) is 0 Å². The van der Waals surface area contributed by atoms with Crippen molar-refractivity contribution < 1.29 is 4.84 Å². The molecule has 0 bridgehead atoms. The molecular weight excluding hydrogens is 162 g/mol. The molecule has 1 aromatic rings. The van der Waals surface area contributed by atoms with Crippen LogP contribution in [0.1, 0.15) is 25.3 Å². The van der Waals surface area contributed by atoms with Gasteiger partial charge in [0.25, 0.3) is 0 Å². The monoisotopic (exact) mass is 177 g/mol. The lowest BCUT2D eigenvalue weighted by Gasteiger charge is -2.07. The Labute approximate surface area is 79.2 Å².